The van der Waals surface area contributed by atoms with E-state index in [1.54, 1.807) is 0 Å². The molecule has 1 N–H and O–H groups in total. The third-order valence-corrected chi connectivity index (χ3v) is 2.62. The van der Waals surface area contributed by atoms with Crippen molar-refractivity contribution in [3.05, 3.63) is 36.1 Å². The first kappa shape index (κ1) is 10.8. The summed E-state index contributed by atoms with van der Waals surface area (Å²) in [6.45, 7) is 1.85. The van der Waals surface area contributed by atoms with Crippen LogP contribution in [0.1, 0.15) is 25.1 Å². The number of para-hydroxylation sites is 1. The second kappa shape index (κ2) is 4.87. The largest absolute Gasteiger partial charge is 0.459 e. The Bertz CT molecular complexity index is 497. The molecule has 0 aliphatic carbocycles. The molecule has 0 amide bonds. The molecule has 2 aromatic rings. The van der Waals surface area contributed by atoms with Gasteiger partial charge < -0.3 is 9.73 Å². The number of nitrogens with one attached hydrogen (secondary N) is 1. The van der Waals surface area contributed by atoms with Crippen LogP contribution < -0.4 is 5.32 Å². The predicted molar refractivity (Wildman–Crippen MR) is 66.1 cm³/mol. The third kappa shape index (κ3) is 2.10. The first-order chi connectivity index (χ1) is 7.85. The maximum Gasteiger partial charge on any atom is 0.134 e. The van der Waals surface area contributed by atoms with Crippen LogP contribution in [0.15, 0.2) is 34.7 Å². The lowest BCUT2D eigenvalue weighted by Gasteiger charge is -2.08. The summed E-state index contributed by atoms with van der Waals surface area (Å²) in [5, 5.41) is 4.36. The predicted octanol–water partition coefficient (Wildman–Crippen LogP) is 3.11. The van der Waals surface area contributed by atoms with E-state index in [1.165, 1.54) is 0 Å². The van der Waals surface area contributed by atoms with Crippen molar-refractivity contribution >= 4 is 11.0 Å². The van der Waals surface area contributed by atoms with Crippen molar-refractivity contribution in [2.24, 2.45) is 0 Å². The normalized spacial score (nSPS) is 12.1. The Morgan fingerprint density at radius 2 is 2.19 bits per heavy atom. The van der Waals surface area contributed by atoms with Crippen LogP contribution in [0.4, 0.5) is 0 Å². The Kier molecular flexibility index (Phi) is 3.28. The van der Waals surface area contributed by atoms with Crippen molar-refractivity contribution < 1.29 is 4.42 Å². The lowest BCUT2D eigenvalue weighted by Crippen LogP contribution is -2.14. The second-order valence-corrected chi connectivity index (χ2v) is 3.66. The van der Waals surface area contributed by atoms with Crippen molar-refractivity contribution in [3.63, 3.8) is 0 Å². The van der Waals surface area contributed by atoms with Gasteiger partial charge in [0.05, 0.1) is 6.04 Å². The van der Waals surface area contributed by atoms with Crippen molar-refractivity contribution in [1.29, 1.82) is 0 Å². The fourth-order valence-electron chi connectivity index (χ4n) is 1.72. The van der Waals surface area contributed by atoms with Gasteiger partial charge in [-0.3, -0.25) is 0 Å². The van der Waals surface area contributed by atoms with Crippen LogP contribution in [0.5, 0.6) is 0 Å². The monoisotopic (exact) mass is 213 g/mol. The molecule has 1 aromatic heterocycles. The summed E-state index contributed by atoms with van der Waals surface area (Å²) in [5.41, 5.74) is 0.933. The molecule has 0 saturated carbocycles. The lowest BCUT2D eigenvalue weighted by molar-refractivity contribution is 0.458. The molecule has 0 aliphatic heterocycles. The summed E-state index contributed by atoms with van der Waals surface area (Å²) in [5.74, 6) is 6.92. The number of rotatable bonds is 3. The van der Waals surface area contributed by atoms with Crippen molar-refractivity contribution in [3.8, 4) is 11.8 Å². The van der Waals surface area contributed by atoms with Gasteiger partial charge in [-0.15, -0.1) is 11.8 Å². The van der Waals surface area contributed by atoms with E-state index in [0.717, 1.165) is 23.2 Å². The van der Waals surface area contributed by atoms with E-state index >= 15 is 0 Å². The van der Waals surface area contributed by atoms with Crippen LogP contribution >= 0.6 is 0 Å². The molecule has 0 bridgehead atoms. The van der Waals surface area contributed by atoms with Crippen LogP contribution in [-0.2, 0) is 0 Å². The van der Waals surface area contributed by atoms with Gasteiger partial charge in [-0.1, -0.05) is 18.2 Å². The van der Waals surface area contributed by atoms with Crippen molar-refractivity contribution in [1.82, 2.24) is 5.32 Å². The number of furan rings is 1. The van der Waals surface area contributed by atoms with E-state index in [4.69, 9.17) is 4.42 Å². The molecule has 16 heavy (non-hydrogen) atoms. The average Bonchev–Trinajstić information content (AvgIpc) is 2.73. The average molecular weight is 213 g/mol. The Morgan fingerprint density at radius 1 is 1.38 bits per heavy atom. The molecular formula is C14H15NO. The summed E-state index contributed by atoms with van der Waals surface area (Å²) in [6, 6.07) is 10.3. The zero-order chi connectivity index (χ0) is 11.4. The van der Waals surface area contributed by atoms with Gasteiger partial charge in [-0.25, -0.2) is 0 Å². The highest BCUT2D eigenvalue weighted by Crippen LogP contribution is 2.24. The highest BCUT2D eigenvalue weighted by Gasteiger charge is 2.12. The summed E-state index contributed by atoms with van der Waals surface area (Å²) in [6.07, 6.45) is 0.771. The highest BCUT2D eigenvalue weighted by molar-refractivity contribution is 5.77. The number of hydrogen-bond donors (Lipinski definition) is 1. The van der Waals surface area contributed by atoms with E-state index in [9.17, 15) is 0 Å². The molecule has 2 nitrogen and oxygen atoms in total. The Labute approximate surface area is 95.6 Å². The maximum atomic E-state index is 5.79. The summed E-state index contributed by atoms with van der Waals surface area (Å²) >= 11 is 0. The second-order valence-electron chi connectivity index (χ2n) is 3.66. The molecule has 0 saturated heterocycles. The van der Waals surface area contributed by atoms with E-state index in [2.05, 4.69) is 29.3 Å². The number of fused-ring (bicyclic) bond motifs is 1. The smallest absolute Gasteiger partial charge is 0.134 e. The zero-order valence-electron chi connectivity index (χ0n) is 9.58. The van der Waals surface area contributed by atoms with Crippen LogP contribution in [0.2, 0.25) is 0 Å². The zero-order valence-corrected chi connectivity index (χ0v) is 9.58. The highest BCUT2D eigenvalue weighted by atomic mass is 16.3. The number of hydrogen-bond acceptors (Lipinski definition) is 2. The van der Waals surface area contributed by atoms with Crippen LogP contribution in [0.25, 0.3) is 11.0 Å². The minimum Gasteiger partial charge on any atom is -0.459 e. The summed E-state index contributed by atoms with van der Waals surface area (Å²) < 4.78 is 5.79. The van der Waals surface area contributed by atoms with Gasteiger partial charge in [0, 0.05) is 11.8 Å². The lowest BCUT2D eigenvalue weighted by atomic mass is 10.1. The summed E-state index contributed by atoms with van der Waals surface area (Å²) in [7, 11) is 1.93. The van der Waals surface area contributed by atoms with Crippen molar-refractivity contribution in [2.45, 2.75) is 19.4 Å². The van der Waals surface area contributed by atoms with Gasteiger partial charge in [0.2, 0.25) is 0 Å². The summed E-state index contributed by atoms with van der Waals surface area (Å²) in [4.78, 5) is 0. The topological polar surface area (TPSA) is 25.2 Å². The van der Waals surface area contributed by atoms with E-state index in [-0.39, 0.29) is 6.04 Å². The Balaban J connectivity index is 2.32. The van der Waals surface area contributed by atoms with Gasteiger partial charge in [0.1, 0.15) is 11.3 Å². The molecular weight excluding hydrogens is 198 g/mol. The fourth-order valence-corrected chi connectivity index (χ4v) is 1.72. The Hall–Kier alpha value is -1.72. The number of benzene rings is 1. The first-order valence-electron chi connectivity index (χ1n) is 5.40. The van der Waals surface area contributed by atoms with Gasteiger partial charge in [0.15, 0.2) is 0 Å². The quantitative estimate of drug-likeness (QED) is 0.792. The van der Waals surface area contributed by atoms with Crippen LogP contribution in [0, 0.1) is 11.8 Å². The van der Waals surface area contributed by atoms with E-state index < -0.39 is 0 Å². The van der Waals surface area contributed by atoms with E-state index in [1.807, 2.05) is 32.2 Å². The molecule has 1 atom stereocenters. The molecule has 1 heterocycles. The molecule has 2 heteroatoms. The SMILES string of the molecule is CC#CCC(NC)c1cc2ccccc2o1. The minimum atomic E-state index is 0.167. The van der Waals surface area contributed by atoms with Gasteiger partial charge in [0.25, 0.3) is 0 Å². The molecule has 1 aromatic carbocycles. The van der Waals surface area contributed by atoms with Crippen molar-refractivity contribution in [2.75, 3.05) is 7.05 Å². The molecule has 0 spiro atoms. The van der Waals surface area contributed by atoms with E-state index in [0.29, 0.717) is 0 Å². The molecule has 0 radical (unpaired) electrons. The van der Waals surface area contributed by atoms with Crippen LogP contribution in [0.3, 0.4) is 0 Å². The third-order valence-electron chi connectivity index (χ3n) is 2.62. The van der Waals surface area contributed by atoms with Gasteiger partial charge >= 0.3 is 0 Å². The molecule has 2 rings (SSSR count). The maximum absolute atomic E-state index is 5.79. The first-order valence-corrected chi connectivity index (χ1v) is 5.40. The molecule has 0 aliphatic rings. The van der Waals surface area contributed by atoms with Crippen LogP contribution in [-0.4, -0.2) is 7.05 Å². The minimum absolute atomic E-state index is 0.167. The van der Waals surface area contributed by atoms with Gasteiger partial charge in [-0.2, -0.15) is 0 Å². The fraction of sp³-hybridized carbons (Fsp3) is 0.286. The molecule has 1 unspecified atom stereocenters. The van der Waals surface area contributed by atoms with Gasteiger partial charge in [-0.05, 0) is 26.1 Å². The Morgan fingerprint density at radius 3 is 2.88 bits per heavy atom. The molecule has 0 fully saturated rings. The standard InChI is InChI=1S/C14H15NO/c1-3-4-8-12(15-2)14-10-11-7-5-6-9-13(11)16-14/h5-7,9-10,12,15H,8H2,1-2H3. The molecule has 82 valence electrons.